The Hall–Kier alpha value is -2.68. The summed E-state index contributed by atoms with van der Waals surface area (Å²) in [6.45, 7) is -0.0870. The van der Waals surface area contributed by atoms with Crippen LogP contribution < -0.4 is 20.3 Å². The molecule has 0 unspecified atom stereocenters. The van der Waals surface area contributed by atoms with Gasteiger partial charge in [-0.25, -0.2) is 0 Å². The standard InChI is InChI=1S/C18H11BO2/c1-3-9-15-12(6-1)13-7-5-11-17-18(13)19(21-15)14-8-2-4-10-16(14)20-17/h1-11H. The molecule has 3 aromatic carbocycles. The Labute approximate surface area is 123 Å². The Morgan fingerprint density at radius 2 is 1.33 bits per heavy atom. The molecule has 0 aliphatic carbocycles. The molecule has 0 radical (unpaired) electrons. The van der Waals surface area contributed by atoms with Gasteiger partial charge < -0.3 is 9.39 Å². The second kappa shape index (κ2) is 3.92. The molecule has 21 heavy (non-hydrogen) atoms. The van der Waals surface area contributed by atoms with Gasteiger partial charge in [0.1, 0.15) is 17.2 Å². The van der Waals surface area contributed by atoms with Gasteiger partial charge >= 0.3 is 6.92 Å². The highest BCUT2D eigenvalue weighted by molar-refractivity contribution is 6.84. The zero-order valence-electron chi connectivity index (χ0n) is 11.2. The highest BCUT2D eigenvalue weighted by Gasteiger charge is 2.39. The van der Waals surface area contributed by atoms with E-state index in [0.717, 1.165) is 33.7 Å². The number of benzene rings is 3. The van der Waals surface area contributed by atoms with Crippen LogP contribution in [0.3, 0.4) is 0 Å². The molecule has 3 aromatic rings. The molecule has 0 N–H and O–H groups in total. The van der Waals surface area contributed by atoms with Crippen molar-refractivity contribution in [1.29, 1.82) is 0 Å². The van der Waals surface area contributed by atoms with Gasteiger partial charge in [0.2, 0.25) is 0 Å². The molecule has 2 aliphatic rings. The first kappa shape index (κ1) is 11.0. The predicted molar refractivity (Wildman–Crippen MR) is 84.0 cm³/mol. The summed E-state index contributed by atoms with van der Waals surface area (Å²) < 4.78 is 12.3. The minimum atomic E-state index is -0.0870. The summed E-state index contributed by atoms with van der Waals surface area (Å²) in [5.74, 6) is 2.71. The molecular weight excluding hydrogens is 259 g/mol. The average molecular weight is 270 g/mol. The number of para-hydroxylation sites is 2. The highest BCUT2D eigenvalue weighted by atomic mass is 16.5. The van der Waals surface area contributed by atoms with E-state index in [-0.39, 0.29) is 6.92 Å². The number of hydrogen-bond donors (Lipinski definition) is 0. The predicted octanol–water partition coefficient (Wildman–Crippen LogP) is 2.96. The molecule has 0 spiro atoms. The molecule has 0 saturated heterocycles. The van der Waals surface area contributed by atoms with Gasteiger partial charge in [-0.3, -0.25) is 0 Å². The van der Waals surface area contributed by atoms with Crippen molar-refractivity contribution in [3.8, 4) is 28.4 Å². The zero-order chi connectivity index (χ0) is 13.8. The molecular formula is C18H11BO2. The van der Waals surface area contributed by atoms with Crippen molar-refractivity contribution in [3.63, 3.8) is 0 Å². The van der Waals surface area contributed by atoms with Gasteiger partial charge in [-0.15, -0.1) is 0 Å². The van der Waals surface area contributed by atoms with Gasteiger partial charge in [-0.1, -0.05) is 48.5 Å². The van der Waals surface area contributed by atoms with Crippen LogP contribution in [0.15, 0.2) is 66.7 Å². The van der Waals surface area contributed by atoms with Crippen LogP contribution in [0.2, 0.25) is 0 Å². The molecule has 3 heteroatoms. The summed E-state index contributed by atoms with van der Waals surface area (Å²) in [5, 5.41) is 0. The van der Waals surface area contributed by atoms with E-state index in [2.05, 4.69) is 18.2 Å². The van der Waals surface area contributed by atoms with Crippen molar-refractivity contribution < 1.29 is 9.39 Å². The van der Waals surface area contributed by atoms with Crippen LogP contribution in [0.1, 0.15) is 0 Å². The molecule has 0 aromatic heterocycles. The summed E-state index contributed by atoms with van der Waals surface area (Å²) in [4.78, 5) is 0. The lowest BCUT2D eigenvalue weighted by atomic mass is 9.51. The third-order valence-corrected chi connectivity index (χ3v) is 4.17. The Balaban J connectivity index is 1.85. The van der Waals surface area contributed by atoms with Gasteiger partial charge in [0.25, 0.3) is 0 Å². The SMILES string of the molecule is c1ccc2c(c1)Oc1cccc3c1B2Oc1ccccc1-3. The van der Waals surface area contributed by atoms with E-state index in [0.29, 0.717) is 0 Å². The Kier molecular flexibility index (Phi) is 2.06. The average Bonchev–Trinajstić information content (AvgIpc) is 2.55. The van der Waals surface area contributed by atoms with Crippen molar-refractivity contribution in [3.05, 3.63) is 66.7 Å². The third kappa shape index (κ3) is 1.43. The van der Waals surface area contributed by atoms with Crippen LogP contribution in [-0.4, -0.2) is 6.92 Å². The van der Waals surface area contributed by atoms with E-state index >= 15 is 0 Å². The molecule has 98 valence electrons. The summed E-state index contributed by atoms with van der Waals surface area (Å²) in [6, 6.07) is 22.5. The van der Waals surface area contributed by atoms with Crippen molar-refractivity contribution in [2.45, 2.75) is 0 Å². The smallest absolute Gasteiger partial charge is 0.434 e. The molecule has 0 atom stereocenters. The number of rotatable bonds is 0. The topological polar surface area (TPSA) is 18.5 Å². The van der Waals surface area contributed by atoms with E-state index < -0.39 is 0 Å². The first-order valence-electron chi connectivity index (χ1n) is 7.07. The summed E-state index contributed by atoms with van der Waals surface area (Å²) in [5.41, 5.74) is 4.56. The first-order valence-corrected chi connectivity index (χ1v) is 7.07. The highest BCUT2D eigenvalue weighted by Crippen LogP contribution is 2.38. The summed E-state index contributed by atoms with van der Waals surface area (Å²) in [6.07, 6.45) is 0. The summed E-state index contributed by atoms with van der Waals surface area (Å²) in [7, 11) is 0. The Morgan fingerprint density at radius 3 is 2.29 bits per heavy atom. The Bertz CT molecular complexity index is 873. The van der Waals surface area contributed by atoms with E-state index in [1.165, 1.54) is 5.56 Å². The van der Waals surface area contributed by atoms with Gasteiger partial charge in [-0.05, 0) is 23.8 Å². The molecule has 2 aliphatic heterocycles. The van der Waals surface area contributed by atoms with Gasteiger partial charge in [0, 0.05) is 16.5 Å². The van der Waals surface area contributed by atoms with Crippen LogP contribution in [0.25, 0.3) is 11.1 Å². The van der Waals surface area contributed by atoms with Gasteiger partial charge in [-0.2, -0.15) is 0 Å². The second-order valence-corrected chi connectivity index (χ2v) is 5.35. The molecule has 0 amide bonds. The molecule has 5 rings (SSSR count). The fraction of sp³-hybridized carbons (Fsp3) is 0. The van der Waals surface area contributed by atoms with Crippen LogP contribution in [0.4, 0.5) is 0 Å². The molecule has 0 saturated carbocycles. The van der Waals surface area contributed by atoms with Gasteiger partial charge in [0.05, 0.1) is 0 Å². The minimum Gasteiger partial charge on any atom is -0.551 e. The van der Waals surface area contributed by atoms with Crippen molar-refractivity contribution in [2.24, 2.45) is 0 Å². The van der Waals surface area contributed by atoms with Crippen LogP contribution >= 0.6 is 0 Å². The lowest BCUT2D eigenvalue weighted by molar-refractivity contribution is 0.479. The third-order valence-electron chi connectivity index (χ3n) is 4.17. The maximum absolute atomic E-state index is 6.29. The molecule has 0 bridgehead atoms. The number of fused-ring (bicyclic) bond motifs is 4. The first-order chi connectivity index (χ1) is 10.4. The van der Waals surface area contributed by atoms with Crippen LogP contribution in [0, 0.1) is 0 Å². The minimum absolute atomic E-state index is 0.0870. The van der Waals surface area contributed by atoms with E-state index in [9.17, 15) is 0 Å². The van der Waals surface area contributed by atoms with E-state index in [1.807, 2.05) is 48.5 Å². The molecule has 2 nitrogen and oxygen atoms in total. The molecule has 0 fully saturated rings. The van der Waals surface area contributed by atoms with E-state index in [4.69, 9.17) is 9.39 Å². The number of hydrogen-bond acceptors (Lipinski definition) is 2. The summed E-state index contributed by atoms with van der Waals surface area (Å²) >= 11 is 0. The zero-order valence-corrected chi connectivity index (χ0v) is 11.2. The fourth-order valence-corrected chi connectivity index (χ4v) is 3.24. The molecule has 2 heterocycles. The fourth-order valence-electron chi connectivity index (χ4n) is 3.24. The lowest BCUT2D eigenvalue weighted by Crippen LogP contribution is -2.53. The monoisotopic (exact) mass is 270 g/mol. The second-order valence-electron chi connectivity index (χ2n) is 5.35. The largest absolute Gasteiger partial charge is 0.551 e. The van der Waals surface area contributed by atoms with Crippen molar-refractivity contribution >= 4 is 17.8 Å². The lowest BCUT2D eigenvalue weighted by Gasteiger charge is -2.32. The van der Waals surface area contributed by atoms with Crippen molar-refractivity contribution in [2.75, 3.05) is 0 Å². The quantitative estimate of drug-likeness (QED) is 0.585. The van der Waals surface area contributed by atoms with Gasteiger partial charge in [0.15, 0.2) is 0 Å². The Morgan fingerprint density at radius 1 is 0.619 bits per heavy atom. The van der Waals surface area contributed by atoms with Crippen molar-refractivity contribution in [1.82, 2.24) is 0 Å². The van der Waals surface area contributed by atoms with E-state index in [1.54, 1.807) is 0 Å². The van der Waals surface area contributed by atoms with Crippen LogP contribution in [0.5, 0.6) is 17.2 Å². The normalized spacial score (nSPS) is 13.4. The maximum Gasteiger partial charge on any atom is 0.434 e. The maximum atomic E-state index is 6.29. The van der Waals surface area contributed by atoms with Crippen LogP contribution in [-0.2, 0) is 0 Å². The number of ether oxygens (including phenoxy) is 1.